The third-order valence-corrected chi connectivity index (χ3v) is 2.90. The highest BCUT2D eigenvalue weighted by Gasteiger charge is 2.26. The topological polar surface area (TPSA) is 55.0 Å². The van der Waals surface area contributed by atoms with Crippen LogP contribution in [0.25, 0.3) is 0 Å². The summed E-state index contributed by atoms with van der Waals surface area (Å²) in [4.78, 5) is 11.2. The lowest BCUT2D eigenvalue weighted by atomic mass is 10.2. The molecule has 1 heterocycles. The Morgan fingerprint density at radius 2 is 2.19 bits per heavy atom. The summed E-state index contributed by atoms with van der Waals surface area (Å²) in [5.41, 5.74) is 7.78. The molecule has 88 valence electrons. The average molecular weight is 220 g/mol. The molecule has 1 aromatic rings. The molecule has 0 atom stereocenters. The molecule has 1 aliphatic carbocycles. The van der Waals surface area contributed by atoms with E-state index in [0.717, 1.165) is 24.6 Å². The molecule has 1 saturated carbocycles. The molecule has 2 rings (SSSR count). The van der Waals surface area contributed by atoms with Crippen molar-refractivity contribution in [3.8, 4) is 0 Å². The summed E-state index contributed by atoms with van der Waals surface area (Å²) in [5.74, 6) is 1.53. The zero-order chi connectivity index (χ0) is 11.5. The Labute approximate surface area is 96.9 Å². The van der Waals surface area contributed by atoms with E-state index in [1.54, 1.807) is 0 Å². The largest absolute Gasteiger partial charge is 0.344 e. The lowest BCUT2D eigenvalue weighted by molar-refractivity contribution is 0.767. The zero-order valence-electron chi connectivity index (χ0n) is 10.1. The van der Waals surface area contributed by atoms with E-state index in [2.05, 4.69) is 20.9 Å². The minimum absolute atomic E-state index is 0.684. The number of hydrogen-bond donors (Lipinski definition) is 1. The van der Waals surface area contributed by atoms with Gasteiger partial charge in [0.05, 0.1) is 0 Å². The van der Waals surface area contributed by atoms with Crippen LogP contribution in [-0.2, 0) is 0 Å². The van der Waals surface area contributed by atoms with E-state index in [0.29, 0.717) is 12.5 Å². The van der Waals surface area contributed by atoms with Crippen molar-refractivity contribution in [2.75, 3.05) is 25.0 Å². The quantitative estimate of drug-likeness (QED) is 0.816. The lowest BCUT2D eigenvalue weighted by Gasteiger charge is -2.17. The van der Waals surface area contributed by atoms with Crippen LogP contribution in [0.15, 0.2) is 6.07 Å². The van der Waals surface area contributed by atoms with E-state index in [4.69, 9.17) is 5.73 Å². The Morgan fingerprint density at radius 3 is 2.81 bits per heavy atom. The molecular weight excluding hydrogens is 200 g/mol. The van der Waals surface area contributed by atoms with Gasteiger partial charge in [0.1, 0.15) is 0 Å². The molecule has 0 bridgehead atoms. The first-order valence-corrected chi connectivity index (χ1v) is 5.97. The summed E-state index contributed by atoms with van der Waals surface area (Å²) < 4.78 is 0. The van der Waals surface area contributed by atoms with Crippen molar-refractivity contribution in [2.45, 2.75) is 32.1 Å². The number of nitrogens with two attached hydrogens (primary N) is 1. The van der Waals surface area contributed by atoms with Crippen LogP contribution in [0.3, 0.4) is 0 Å². The zero-order valence-corrected chi connectivity index (χ0v) is 10.1. The monoisotopic (exact) mass is 220 g/mol. The minimum atomic E-state index is 0.684. The highest BCUT2D eigenvalue weighted by atomic mass is 15.2. The fourth-order valence-electron chi connectivity index (χ4n) is 1.76. The molecule has 4 heteroatoms. The molecule has 0 unspecified atom stereocenters. The van der Waals surface area contributed by atoms with Gasteiger partial charge >= 0.3 is 0 Å². The van der Waals surface area contributed by atoms with Gasteiger partial charge in [-0.25, -0.2) is 9.97 Å². The van der Waals surface area contributed by atoms with Crippen molar-refractivity contribution >= 4 is 5.95 Å². The van der Waals surface area contributed by atoms with Crippen molar-refractivity contribution in [1.82, 2.24) is 9.97 Å². The molecule has 1 aromatic heterocycles. The maximum absolute atomic E-state index is 5.51. The first-order chi connectivity index (χ1) is 7.70. The predicted octanol–water partition coefficient (Wildman–Crippen LogP) is 1.45. The Kier molecular flexibility index (Phi) is 3.39. The highest BCUT2D eigenvalue weighted by Crippen LogP contribution is 2.39. The highest BCUT2D eigenvalue weighted by molar-refractivity contribution is 5.33. The molecule has 0 aliphatic heterocycles. The third kappa shape index (κ3) is 2.70. The normalized spacial score (nSPS) is 15.2. The Morgan fingerprint density at radius 1 is 1.44 bits per heavy atom. The van der Waals surface area contributed by atoms with Gasteiger partial charge in [-0.3, -0.25) is 0 Å². The van der Waals surface area contributed by atoms with E-state index in [9.17, 15) is 0 Å². The number of hydrogen-bond acceptors (Lipinski definition) is 4. The van der Waals surface area contributed by atoms with Crippen LogP contribution in [0.5, 0.6) is 0 Å². The summed E-state index contributed by atoms with van der Waals surface area (Å²) in [7, 11) is 2.03. The summed E-state index contributed by atoms with van der Waals surface area (Å²) >= 11 is 0. The Balaban J connectivity index is 2.12. The second-order valence-electron chi connectivity index (χ2n) is 4.57. The predicted molar refractivity (Wildman–Crippen MR) is 65.7 cm³/mol. The van der Waals surface area contributed by atoms with Crippen LogP contribution in [0.4, 0.5) is 5.95 Å². The first kappa shape index (κ1) is 11.3. The molecule has 1 fully saturated rings. The SMILES string of the molecule is Cc1cc(C2CC2)nc(N(C)CCCN)n1. The van der Waals surface area contributed by atoms with Crippen LogP contribution < -0.4 is 10.6 Å². The number of rotatable bonds is 5. The van der Waals surface area contributed by atoms with E-state index in [-0.39, 0.29) is 0 Å². The summed E-state index contributed by atoms with van der Waals surface area (Å²) in [6, 6.07) is 2.11. The van der Waals surface area contributed by atoms with E-state index in [1.165, 1.54) is 18.5 Å². The molecule has 16 heavy (non-hydrogen) atoms. The van der Waals surface area contributed by atoms with Crippen LogP contribution in [0, 0.1) is 6.92 Å². The van der Waals surface area contributed by atoms with Crippen LogP contribution in [-0.4, -0.2) is 30.1 Å². The fraction of sp³-hybridized carbons (Fsp3) is 0.667. The molecule has 2 N–H and O–H groups in total. The molecular formula is C12H20N4. The molecule has 0 spiro atoms. The van der Waals surface area contributed by atoms with Crippen molar-refractivity contribution in [3.63, 3.8) is 0 Å². The van der Waals surface area contributed by atoms with Gasteiger partial charge in [-0.05, 0) is 38.8 Å². The van der Waals surface area contributed by atoms with Crippen molar-refractivity contribution in [3.05, 3.63) is 17.5 Å². The molecule has 0 aromatic carbocycles. The maximum atomic E-state index is 5.51. The van der Waals surface area contributed by atoms with Gasteiger partial charge < -0.3 is 10.6 Å². The molecule has 0 saturated heterocycles. The Hall–Kier alpha value is -1.16. The van der Waals surface area contributed by atoms with Gasteiger partial charge in [0.15, 0.2) is 0 Å². The number of anilines is 1. The summed E-state index contributed by atoms with van der Waals surface area (Å²) in [6.07, 6.45) is 3.54. The van der Waals surface area contributed by atoms with E-state index < -0.39 is 0 Å². The maximum Gasteiger partial charge on any atom is 0.225 e. The number of aryl methyl sites for hydroxylation is 1. The second-order valence-corrected chi connectivity index (χ2v) is 4.57. The first-order valence-electron chi connectivity index (χ1n) is 5.97. The van der Waals surface area contributed by atoms with E-state index in [1.807, 2.05) is 14.0 Å². The molecule has 1 aliphatic rings. The Bertz CT molecular complexity index is 360. The second kappa shape index (κ2) is 4.78. The van der Waals surface area contributed by atoms with Gasteiger partial charge in [0, 0.05) is 30.9 Å². The smallest absolute Gasteiger partial charge is 0.225 e. The number of nitrogens with zero attached hydrogens (tertiary/aromatic N) is 3. The average Bonchev–Trinajstić information content (AvgIpc) is 3.08. The number of aromatic nitrogens is 2. The minimum Gasteiger partial charge on any atom is -0.344 e. The molecule has 4 nitrogen and oxygen atoms in total. The van der Waals surface area contributed by atoms with Gasteiger partial charge in [0.2, 0.25) is 5.95 Å². The van der Waals surface area contributed by atoms with Gasteiger partial charge in [-0.1, -0.05) is 0 Å². The van der Waals surface area contributed by atoms with Gasteiger partial charge in [-0.2, -0.15) is 0 Å². The summed E-state index contributed by atoms with van der Waals surface area (Å²) in [5, 5.41) is 0. The summed E-state index contributed by atoms with van der Waals surface area (Å²) in [6.45, 7) is 3.67. The lowest BCUT2D eigenvalue weighted by Crippen LogP contribution is -2.23. The van der Waals surface area contributed by atoms with Crippen LogP contribution in [0.2, 0.25) is 0 Å². The van der Waals surface area contributed by atoms with Crippen molar-refractivity contribution in [1.29, 1.82) is 0 Å². The van der Waals surface area contributed by atoms with Crippen molar-refractivity contribution < 1.29 is 0 Å². The standard InChI is InChI=1S/C12H20N4/c1-9-8-11(10-4-5-10)15-12(14-9)16(2)7-3-6-13/h8,10H,3-7,13H2,1-2H3. The van der Waals surface area contributed by atoms with Crippen molar-refractivity contribution in [2.24, 2.45) is 5.73 Å². The fourth-order valence-corrected chi connectivity index (χ4v) is 1.76. The van der Waals surface area contributed by atoms with E-state index >= 15 is 0 Å². The van der Waals surface area contributed by atoms with Crippen LogP contribution in [0.1, 0.15) is 36.6 Å². The molecule has 0 radical (unpaired) electrons. The van der Waals surface area contributed by atoms with Gasteiger partial charge in [-0.15, -0.1) is 0 Å². The molecule has 0 amide bonds. The third-order valence-electron chi connectivity index (χ3n) is 2.90. The van der Waals surface area contributed by atoms with Crippen LogP contribution >= 0.6 is 0 Å². The van der Waals surface area contributed by atoms with Gasteiger partial charge in [0.25, 0.3) is 0 Å².